The summed E-state index contributed by atoms with van der Waals surface area (Å²) < 4.78 is 5.56. The van der Waals surface area contributed by atoms with E-state index in [-0.39, 0.29) is 0 Å². The van der Waals surface area contributed by atoms with Gasteiger partial charge in [0.15, 0.2) is 0 Å². The minimum atomic E-state index is 0.659. The normalized spacial score (nSPS) is 26.8. The zero-order valence-electron chi connectivity index (χ0n) is 9.34. The summed E-state index contributed by atoms with van der Waals surface area (Å²) in [6, 6.07) is 0.659. The average Bonchev–Trinajstić information content (AvgIpc) is 3.09. The fourth-order valence-electron chi connectivity index (χ4n) is 1.71. The van der Waals surface area contributed by atoms with Gasteiger partial charge in [0.1, 0.15) is 0 Å². The molecular formula is C11H22N2OS. The zero-order valence-corrected chi connectivity index (χ0v) is 10.2. The number of thioether (sulfide) groups is 1. The molecule has 0 aromatic heterocycles. The highest BCUT2D eigenvalue weighted by Gasteiger charge is 2.20. The second kappa shape index (κ2) is 6.74. The molecule has 88 valence electrons. The predicted octanol–water partition coefficient (Wildman–Crippen LogP) is 0.708. The summed E-state index contributed by atoms with van der Waals surface area (Å²) in [5.74, 6) is 3.40. The van der Waals surface area contributed by atoms with E-state index in [9.17, 15) is 0 Å². The van der Waals surface area contributed by atoms with Crippen LogP contribution in [0.3, 0.4) is 0 Å². The van der Waals surface area contributed by atoms with E-state index in [1.54, 1.807) is 0 Å². The lowest BCUT2D eigenvalue weighted by atomic mass is 10.3. The Morgan fingerprint density at radius 3 is 3.07 bits per heavy atom. The van der Waals surface area contributed by atoms with Gasteiger partial charge in [-0.2, -0.15) is 11.8 Å². The maximum absolute atomic E-state index is 5.56. The van der Waals surface area contributed by atoms with Crippen molar-refractivity contribution in [1.82, 2.24) is 10.6 Å². The lowest BCUT2D eigenvalue weighted by molar-refractivity contribution is 0.126. The fraction of sp³-hybridized carbons (Fsp3) is 1.00. The molecule has 0 spiro atoms. The van der Waals surface area contributed by atoms with Gasteiger partial charge in [-0.05, 0) is 18.8 Å². The first-order valence-corrected chi connectivity index (χ1v) is 7.20. The highest BCUT2D eigenvalue weighted by molar-refractivity contribution is 7.99. The van der Waals surface area contributed by atoms with E-state index in [0.29, 0.717) is 6.04 Å². The molecule has 2 rings (SSSR count). The second-order valence-electron chi connectivity index (χ2n) is 4.45. The summed E-state index contributed by atoms with van der Waals surface area (Å²) in [6.45, 7) is 5.10. The van der Waals surface area contributed by atoms with Gasteiger partial charge in [0.25, 0.3) is 0 Å². The molecule has 1 unspecified atom stereocenters. The van der Waals surface area contributed by atoms with E-state index in [1.165, 1.54) is 24.3 Å². The molecule has 0 amide bonds. The van der Waals surface area contributed by atoms with Crippen LogP contribution in [0, 0.1) is 5.92 Å². The van der Waals surface area contributed by atoms with Crippen molar-refractivity contribution in [1.29, 1.82) is 0 Å². The number of hydrogen-bond donors (Lipinski definition) is 2. The number of rotatable bonds is 7. The van der Waals surface area contributed by atoms with Crippen LogP contribution in [0.25, 0.3) is 0 Å². The summed E-state index contributed by atoms with van der Waals surface area (Å²) >= 11 is 2.05. The van der Waals surface area contributed by atoms with E-state index in [4.69, 9.17) is 4.74 Å². The van der Waals surface area contributed by atoms with Crippen molar-refractivity contribution in [3.05, 3.63) is 0 Å². The molecule has 1 saturated carbocycles. The highest BCUT2D eigenvalue weighted by Crippen LogP contribution is 2.28. The van der Waals surface area contributed by atoms with Gasteiger partial charge in [-0.3, -0.25) is 0 Å². The summed E-state index contributed by atoms with van der Waals surface area (Å²) in [6.07, 6.45) is 2.77. The molecule has 4 heteroatoms. The molecule has 0 radical (unpaired) electrons. The van der Waals surface area contributed by atoms with Crippen molar-refractivity contribution in [2.75, 3.05) is 44.4 Å². The maximum Gasteiger partial charge on any atom is 0.0591 e. The largest absolute Gasteiger partial charge is 0.380 e. The Balaban J connectivity index is 1.37. The maximum atomic E-state index is 5.56. The smallest absolute Gasteiger partial charge is 0.0591 e. The van der Waals surface area contributed by atoms with Crippen molar-refractivity contribution in [3.8, 4) is 0 Å². The summed E-state index contributed by atoms with van der Waals surface area (Å²) in [7, 11) is 0. The Labute approximate surface area is 96.7 Å². The fourth-order valence-corrected chi connectivity index (χ4v) is 2.66. The molecule has 3 nitrogen and oxygen atoms in total. The molecule has 0 aromatic rings. The van der Waals surface area contributed by atoms with Crippen LogP contribution in [0.1, 0.15) is 12.8 Å². The summed E-state index contributed by atoms with van der Waals surface area (Å²) in [5.41, 5.74) is 0. The quantitative estimate of drug-likeness (QED) is 0.631. The van der Waals surface area contributed by atoms with Gasteiger partial charge in [0, 0.05) is 43.8 Å². The highest BCUT2D eigenvalue weighted by atomic mass is 32.2. The average molecular weight is 230 g/mol. The third-order valence-electron chi connectivity index (χ3n) is 2.86. The Kier molecular flexibility index (Phi) is 5.26. The van der Waals surface area contributed by atoms with Crippen molar-refractivity contribution in [2.45, 2.75) is 18.9 Å². The van der Waals surface area contributed by atoms with E-state index < -0.39 is 0 Å². The number of hydrogen-bond acceptors (Lipinski definition) is 4. The van der Waals surface area contributed by atoms with E-state index >= 15 is 0 Å². The molecule has 0 bridgehead atoms. The van der Waals surface area contributed by atoms with Crippen LogP contribution < -0.4 is 10.6 Å². The van der Waals surface area contributed by atoms with Crippen LogP contribution in [0.4, 0.5) is 0 Å². The van der Waals surface area contributed by atoms with E-state index in [2.05, 4.69) is 10.6 Å². The van der Waals surface area contributed by atoms with Crippen LogP contribution in [-0.4, -0.2) is 50.4 Å². The van der Waals surface area contributed by atoms with E-state index in [1.807, 2.05) is 11.8 Å². The predicted molar refractivity (Wildman–Crippen MR) is 65.5 cm³/mol. The van der Waals surface area contributed by atoms with Gasteiger partial charge in [-0.15, -0.1) is 0 Å². The standard InChI is InChI=1S/C11H22N2OS/c1-2-10(1)8-14-5-3-12-7-11-9-15-6-4-13-11/h10-13H,1-9H2. The lowest BCUT2D eigenvalue weighted by Gasteiger charge is -2.23. The van der Waals surface area contributed by atoms with Crippen molar-refractivity contribution < 1.29 is 4.74 Å². The van der Waals surface area contributed by atoms with E-state index in [0.717, 1.165) is 38.8 Å². The SMILES string of the molecule is C(COCC1CC1)NCC1CSCCN1. The molecule has 1 aliphatic heterocycles. The first kappa shape index (κ1) is 11.7. The molecule has 2 N–H and O–H groups in total. The molecule has 1 saturated heterocycles. The first-order chi connectivity index (χ1) is 7.45. The number of nitrogens with one attached hydrogen (secondary N) is 2. The zero-order chi connectivity index (χ0) is 10.3. The molecule has 2 fully saturated rings. The summed E-state index contributed by atoms with van der Waals surface area (Å²) in [5, 5.41) is 6.96. The van der Waals surface area contributed by atoms with Crippen molar-refractivity contribution in [2.24, 2.45) is 5.92 Å². The molecule has 0 aromatic carbocycles. The molecular weight excluding hydrogens is 208 g/mol. The minimum absolute atomic E-state index is 0.659. The Hall–Kier alpha value is 0.230. The number of ether oxygens (including phenoxy) is 1. The molecule has 15 heavy (non-hydrogen) atoms. The van der Waals surface area contributed by atoms with Gasteiger partial charge in [-0.25, -0.2) is 0 Å². The van der Waals surface area contributed by atoms with Crippen LogP contribution in [-0.2, 0) is 4.74 Å². The van der Waals surface area contributed by atoms with Crippen LogP contribution in [0.5, 0.6) is 0 Å². The Morgan fingerprint density at radius 1 is 1.40 bits per heavy atom. The topological polar surface area (TPSA) is 33.3 Å². The summed E-state index contributed by atoms with van der Waals surface area (Å²) in [4.78, 5) is 0. The van der Waals surface area contributed by atoms with Gasteiger partial charge < -0.3 is 15.4 Å². The monoisotopic (exact) mass is 230 g/mol. The van der Waals surface area contributed by atoms with Crippen LogP contribution >= 0.6 is 11.8 Å². The molecule has 1 heterocycles. The lowest BCUT2D eigenvalue weighted by Crippen LogP contribution is -2.44. The van der Waals surface area contributed by atoms with Gasteiger partial charge in [0.2, 0.25) is 0 Å². The minimum Gasteiger partial charge on any atom is -0.380 e. The van der Waals surface area contributed by atoms with Gasteiger partial charge >= 0.3 is 0 Å². The molecule has 2 aliphatic rings. The molecule has 1 atom stereocenters. The van der Waals surface area contributed by atoms with Crippen LogP contribution in [0.15, 0.2) is 0 Å². The second-order valence-corrected chi connectivity index (χ2v) is 5.60. The Bertz CT molecular complexity index is 170. The molecule has 1 aliphatic carbocycles. The first-order valence-electron chi connectivity index (χ1n) is 6.05. The van der Waals surface area contributed by atoms with Crippen molar-refractivity contribution in [3.63, 3.8) is 0 Å². The van der Waals surface area contributed by atoms with Crippen molar-refractivity contribution >= 4 is 11.8 Å². The van der Waals surface area contributed by atoms with Crippen LogP contribution in [0.2, 0.25) is 0 Å². The third-order valence-corrected chi connectivity index (χ3v) is 3.99. The third kappa shape index (κ3) is 5.20. The Morgan fingerprint density at radius 2 is 2.33 bits per heavy atom. The van der Waals surface area contributed by atoms with Gasteiger partial charge in [-0.1, -0.05) is 0 Å². The van der Waals surface area contributed by atoms with Gasteiger partial charge in [0.05, 0.1) is 6.61 Å².